The van der Waals surface area contributed by atoms with Crippen LogP contribution in [0.4, 0.5) is 0 Å². The van der Waals surface area contributed by atoms with Gasteiger partial charge < -0.3 is 9.16 Å². The Balaban J connectivity index is 2.24. The largest absolute Gasteiger partial charge is 0.414 e. The van der Waals surface area contributed by atoms with Gasteiger partial charge in [0.2, 0.25) is 0 Å². The summed E-state index contributed by atoms with van der Waals surface area (Å²) >= 11 is 3.57. The first kappa shape index (κ1) is 17.9. The van der Waals surface area contributed by atoms with Crippen molar-refractivity contribution in [3.8, 4) is 0 Å². The molecule has 0 amide bonds. The normalized spacial score (nSPS) is 14.3. The molecule has 0 saturated heterocycles. The minimum Gasteiger partial charge on any atom is -0.414 e. The Kier molecular flexibility index (Phi) is 6.92. The molecule has 114 valence electrons. The zero-order valence-electron chi connectivity index (χ0n) is 13.3. The third-order valence-corrected chi connectivity index (χ3v) is 9.02. The molecule has 0 fully saturated rings. The molecular formula is C16H27BrO2Si. The van der Waals surface area contributed by atoms with Gasteiger partial charge in [0.05, 0.1) is 13.2 Å². The second kappa shape index (κ2) is 7.73. The van der Waals surface area contributed by atoms with Crippen molar-refractivity contribution in [3.05, 3.63) is 35.9 Å². The summed E-state index contributed by atoms with van der Waals surface area (Å²) in [5.41, 5.74) is 1.28. The minimum atomic E-state index is -1.65. The van der Waals surface area contributed by atoms with E-state index < -0.39 is 8.32 Å². The zero-order chi connectivity index (χ0) is 15.2. The Hall–Kier alpha value is -0.163. The molecule has 0 bridgehead atoms. The van der Waals surface area contributed by atoms with Crippen LogP contribution >= 0.6 is 15.9 Å². The van der Waals surface area contributed by atoms with E-state index in [2.05, 4.69) is 74.1 Å². The van der Waals surface area contributed by atoms with Crippen LogP contribution in [0.3, 0.4) is 0 Å². The lowest BCUT2D eigenvalue weighted by Crippen LogP contribution is -2.41. The van der Waals surface area contributed by atoms with E-state index >= 15 is 0 Å². The average Bonchev–Trinajstić information content (AvgIpc) is 2.34. The summed E-state index contributed by atoms with van der Waals surface area (Å²) in [6.45, 7) is 12.6. The number of alkyl halides is 1. The smallest absolute Gasteiger partial charge is 0.192 e. The van der Waals surface area contributed by atoms with Crippen molar-refractivity contribution in [2.45, 2.75) is 50.3 Å². The Bertz CT molecular complexity index is 387. The minimum absolute atomic E-state index is 0.0490. The molecule has 1 unspecified atom stereocenters. The summed E-state index contributed by atoms with van der Waals surface area (Å²) in [5.74, 6) is 0. The zero-order valence-corrected chi connectivity index (χ0v) is 15.9. The fraction of sp³-hybridized carbons (Fsp3) is 0.625. The Morgan fingerprint density at radius 1 is 1.10 bits per heavy atom. The molecule has 0 saturated carbocycles. The Morgan fingerprint density at radius 2 is 1.70 bits per heavy atom. The van der Waals surface area contributed by atoms with Crippen LogP contribution in [-0.4, -0.2) is 26.5 Å². The summed E-state index contributed by atoms with van der Waals surface area (Å²) < 4.78 is 11.9. The van der Waals surface area contributed by atoms with Crippen molar-refractivity contribution >= 4 is 24.2 Å². The number of hydrogen-bond donors (Lipinski definition) is 0. The number of rotatable bonds is 7. The summed E-state index contributed by atoms with van der Waals surface area (Å²) in [6.07, 6.45) is 0.876. The summed E-state index contributed by atoms with van der Waals surface area (Å²) in [5, 5.41) is 0.304. The molecule has 20 heavy (non-hydrogen) atoms. The molecule has 0 aliphatic carbocycles. The predicted octanol–water partition coefficient (Wildman–Crippen LogP) is 4.99. The fourth-order valence-electron chi connectivity index (χ4n) is 1.55. The maximum Gasteiger partial charge on any atom is 0.192 e. The lowest BCUT2D eigenvalue weighted by atomic mass is 10.2. The molecule has 4 heteroatoms. The van der Waals surface area contributed by atoms with Crippen molar-refractivity contribution < 1.29 is 9.16 Å². The van der Waals surface area contributed by atoms with Crippen LogP contribution in [0.5, 0.6) is 0 Å². The second-order valence-electron chi connectivity index (χ2n) is 6.58. The Morgan fingerprint density at radius 3 is 2.25 bits per heavy atom. The monoisotopic (exact) mass is 358 g/mol. The van der Waals surface area contributed by atoms with Gasteiger partial charge in [-0.3, -0.25) is 0 Å². The van der Waals surface area contributed by atoms with Gasteiger partial charge in [0.1, 0.15) is 5.01 Å². The van der Waals surface area contributed by atoms with Crippen molar-refractivity contribution in [2.24, 2.45) is 0 Å². The van der Waals surface area contributed by atoms with Crippen molar-refractivity contribution in [3.63, 3.8) is 0 Å². The van der Waals surface area contributed by atoms with E-state index in [9.17, 15) is 0 Å². The van der Waals surface area contributed by atoms with Gasteiger partial charge in [0, 0.05) is 6.42 Å². The lowest BCUT2D eigenvalue weighted by Gasteiger charge is -2.36. The first-order chi connectivity index (χ1) is 9.22. The quantitative estimate of drug-likeness (QED) is 0.388. The molecule has 0 aromatic heterocycles. The second-order valence-corrected chi connectivity index (χ2v) is 12.4. The topological polar surface area (TPSA) is 18.5 Å². The van der Waals surface area contributed by atoms with E-state index in [1.165, 1.54) is 5.56 Å². The van der Waals surface area contributed by atoms with Gasteiger partial charge >= 0.3 is 0 Å². The van der Waals surface area contributed by atoms with E-state index in [0.29, 0.717) is 13.2 Å². The molecule has 1 aromatic carbocycles. The van der Waals surface area contributed by atoms with Crippen LogP contribution in [0, 0.1) is 0 Å². The predicted molar refractivity (Wildman–Crippen MR) is 92.0 cm³/mol. The highest BCUT2D eigenvalue weighted by molar-refractivity contribution is 9.09. The first-order valence-corrected chi connectivity index (χ1v) is 11.0. The number of ether oxygens (including phenoxy) is 1. The van der Waals surface area contributed by atoms with Crippen LogP contribution in [-0.2, 0) is 15.6 Å². The van der Waals surface area contributed by atoms with Crippen molar-refractivity contribution in [2.75, 3.05) is 13.2 Å². The van der Waals surface area contributed by atoms with Crippen LogP contribution in [0.25, 0.3) is 0 Å². The highest BCUT2D eigenvalue weighted by Gasteiger charge is 2.36. The van der Waals surface area contributed by atoms with E-state index in [4.69, 9.17) is 9.16 Å². The lowest BCUT2D eigenvalue weighted by molar-refractivity contribution is 0.0824. The maximum absolute atomic E-state index is 6.09. The molecule has 0 heterocycles. The third-order valence-electron chi connectivity index (χ3n) is 3.89. The van der Waals surface area contributed by atoms with Crippen LogP contribution < -0.4 is 0 Å². The summed E-state index contributed by atoms with van der Waals surface area (Å²) in [6, 6.07) is 10.4. The third kappa shape index (κ3) is 6.08. The highest BCUT2D eigenvalue weighted by atomic mass is 79.9. The summed E-state index contributed by atoms with van der Waals surface area (Å²) in [7, 11) is -1.65. The van der Waals surface area contributed by atoms with Gasteiger partial charge in [0.15, 0.2) is 8.32 Å². The van der Waals surface area contributed by atoms with Gasteiger partial charge in [0.25, 0.3) is 0 Å². The number of benzene rings is 1. The van der Waals surface area contributed by atoms with Gasteiger partial charge in [-0.15, -0.1) is 0 Å². The van der Waals surface area contributed by atoms with E-state index in [1.807, 2.05) is 6.07 Å². The molecule has 0 radical (unpaired) electrons. The highest BCUT2D eigenvalue weighted by Crippen LogP contribution is 2.36. The fourth-order valence-corrected chi connectivity index (χ4v) is 3.14. The average molecular weight is 359 g/mol. The maximum atomic E-state index is 6.09. The summed E-state index contributed by atoms with van der Waals surface area (Å²) in [4.78, 5) is 0. The SMILES string of the molecule is CC(C)(C)[Si](C)(C)OCCOC(Br)Cc1ccccc1. The van der Waals surface area contributed by atoms with Crippen molar-refractivity contribution in [1.29, 1.82) is 0 Å². The van der Waals surface area contributed by atoms with Crippen LogP contribution in [0.2, 0.25) is 18.1 Å². The van der Waals surface area contributed by atoms with Gasteiger partial charge in [-0.1, -0.05) is 67.0 Å². The number of hydrogen-bond acceptors (Lipinski definition) is 2. The number of halogens is 1. The molecule has 0 aliphatic rings. The molecule has 1 atom stereocenters. The van der Waals surface area contributed by atoms with Gasteiger partial charge in [-0.05, 0) is 23.7 Å². The van der Waals surface area contributed by atoms with Gasteiger partial charge in [-0.2, -0.15) is 0 Å². The molecule has 2 nitrogen and oxygen atoms in total. The molecule has 1 aromatic rings. The van der Waals surface area contributed by atoms with Crippen LogP contribution in [0.1, 0.15) is 26.3 Å². The molecule has 1 rings (SSSR count). The Labute approximate surface area is 133 Å². The van der Waals surface area contributed by atoms with Crippen LogP contribution in [0.15, 0.2) is 30.3 Å². The molecule has 0 N–H and O–H groups in total. The molecule has 0 spiro atoms. The van der Waals surface area contributed by atoms with E-state index in [-0.39, 0.29) is 10.1 Å². The van der Waals surface area contributed by atoms with E-state index in [1.54, 1.807) is 0 Å². The standard InChI is InChI=1S/C16H27BrO2Si/c1-16(2,3)20(4,5)19-12-11-18-15(17)13-14-9-7-6-8-10-14/h6-10,15H,11-13H2,1-5H3. The first-order valence-electron chi connectivity index (χ1n) is 7.16. The molecular weight excluding hydrogens is 332 g/mol. The van der Waals surface area contributed by atoms with E-state index in [0.717, 1.165) is 6.42 Å². The van der Waals surface area contributed by atoms with Crippen molar-refractivity contribution in [1.82, 2.24) is 0 Å². The van der Waals surface area contributed by atoms with Gasteiger partial charge in [-0.25, -0.2) is 0 Å². The molecule has 0 aliphatic heterocycles.